The fourth-order valence-corrected chi connectivity index (χ4v) is 4.08. The Balaban J connectivity index is 1.29. The van der Waals surface area contributed by atoms with Crippen molar-refractivity contribution in [2.45, 2.75) is 19.5 Å². The Morgan fingerprint density at radius 3 is 2.56 bits per heavy atom. The second kappa shape index (κ2) is 9.11. The van der Waals surface area contributed by atoms with E-state index in [9.17, 15) is 18.0 Å². The highest BCUT2D eigenvalue weighted by Gasteiger charge is 2.31. The maximum absolute atomic E-state index is 12.7. The largest absolute Gasteiger partial charge is 0.417 e. The molecule has 1 N–H and O–H groups in total. The molecular formula is C21H21F3N6OS. The topological polar surface area (TPSA) is 74.2 Å². The summed E-state index contributed by atoms with van der Waals surface area (Å²) < 4.78 is 38.1. The molecule has 0 unspecified atom stereocenters. The fraction of sp³-hybridized carbons (Fsp3) is 0.333. The molecule has 4 heterocycles. The average molecular weight is 463 g/mol. The molecule has 3 aromatic heterocycles. The third kappa shape index (κ3) is 5.34. The summed E-state index contributed by atoms with van der Waals surface area (Å²) in [5, 5.41) is 5.66. The summed E-state index contributed by atoms with van der Waals surface area (Å²) in [6.45, 7) is 3.87. The van der Waals surface area contributed by atoms with Crippen LogP contribution >= 0.6 is 11.3 Å². The van der Waals surface area contributed by atoms with Crippen molar-refractivity contribution in [1.82, 2.24) is 19.9 Å². The molecule has 168 valence electrons. The number of alkyl halides is 3. The first kappa shape index (κ1) is 22.0. The Labute approximate surface area is 186 Å². The minimum Gasteiger partial charge on any atom is -0.353 e. The predicted octanol–water partition coefficient (Wildman–Crippen LogP) is 3.90. The molecule has 0 saturated carbocycles. The smallest absolute Gasteiger partial charge is 0.353 e. The third-order valence-electron chi connectivity index (χ3n) is 5.04. The van der Waals surface area contributed by atoms with E-state index in [1.807, 2.05) is 35.4 Å². The number of amides is 1. The number of thiazole rings is 1. The number of carbonyl (C=O) groups is 1. The Morgan fingerprint density at radius 1 is 1.12 bits per heavy atom. The van der Waals surface area contributed by atoms with E-state index < -0.39 is 11.7 Å². The molecule has 4 rings (SSSR count). The number of halogens is 3. The maximum atomic E-state index is 12.7. The molecular weight excluding hydrogens is 441 g/mol. The van der Waals surface area contributed by atoms with E-state index in [1.165, 1.54) is 17.4 Å². The van der Waals surface area contributed by atoms with Crippen LogP contribution in [0.25, 0.3) is 0 Å². The van der Waals surface area contributed by atoms with Gasteiger partial charge < -0.3 is 15.1 Å². The van der Waals surface area contributed by atoms with Crippen molar-refractivity contribution >= 4 is 34.0 Å². The molecule has 1 aliphatic heterocycles. The lowest BCUT2D eigenvalue weighted by molar-refractivity contribution is -0.137. The minimum atomic E-state index is -4.40. The van der Waals surface area contributed by atoms with Gasteiger partial charge in [0.2, 0.25) is 5.91 Å². The van der Waals surface area contributed by atoms with Crippen LogP contribution in [0.5, 0.6) is 0 Å². The number of hydrogen-bond acceptors (Lipinski definition) is 7. The minimum absolute atomic E-state index is 0.0319. The summed E-state index contributed by atoms with van der Waals surface area (Å²) in [4.78, 5) is 29.1. The highest BCUT2D eigenvalue weighted by atomic mass is 32.1. The lowest BCUT2D eigenvalue weighted by atomic mass is 10.2. The van der Waals surface area contributed by atoms with Gasteiger partial charge in [0.25, 0.3) is 0 Å². The van der Waals surface area contributed by atoms with Gasteiger partial charge >= 0.3 is 6.18 Å². The van der Waals surface area contributed by atoms with Crippen molar-refractivity contribution in [1.29, 1.82) is 0 Å². The number of hydrogen-bond donors (Lipinski definition) is 1. The standard InChI is InChI=1S/C21H21F3N6OS/c1-14-3-2-4-17(26-14)28-20-27-16(13-32-20)11-19(31)30-9-7-29(8-10-30)18-6-5-15(12-25-18)21(22,23)24/h2-6,12-13H,7-11H2,1H3,(H,26,27,28). The molecule has 7 nitrogen and oxygen atoms in total. The number of aromatic nitrogens is 3. The van der Waals surface area contributed by atoms with Crippen molar-refractivity contribution in [3.8, 4) is 0 Å². The van der Waals surface area contributed by atoms with Gasteiger partial charge in [-0.25, -0.2) is 15.0 Å². The Kier molecular flexibility index (Phi) is 6.26. The molecule has 0 spiro atoms. The molecule has 0 aromatic carbocycles. The zero-order valence-electron chi connectivity index (χ0n) is 17.3. The zero-order chi connectivity index (χ0) is 22.7. The van der Waals surface area contributed by atoms with E-state index in [-0.39, 0.29) is 12.3 Å². The Hall–Kier alpha value is -3.21. The highest BCUT2D eigenvalue weighted by Crippen LogP contribution is 2.29. The molecule has 11 heteroatoms. The van der Waals surface area contributed by atoms with E-state index in [0.717, 1.165) is 18.0 Å². The molecule has 32 heavy (non-hydrogen) atoms. The SMILES string of the molecule is Cc1cccc(Nc2nc(CC(=O)N3CCN(c4ccc(C(F)(F)F)cn4)CC3)cs2)n1. The molecule has 1 amide bonds. The Bertz CT molecular complexity index is 1080. The van der Waals surface area contributed by atoms with Crippen LogP contribution in [0.3, 0.4) is 0 Å². The number of aryl methyl sites for hydroxylation is 1. The van der Waals surface area contributed by atoms with E-state index in [1.54, 1.807) is 4.90 Å². The Morgan fingerprint density at radius 2 is 1.91 bits per heavy atom. The number of nitrogens with zero attached hydrogens (tertiary/aromatic N) is 5. The lowest BCUT2D eigenvalue weighted by Crippen LogP contribution is -2.49. The fourth-order valence-electron chi connectivity index (χ4n) is 3.36. The zero-order valence-corrected chi connectivity index (χ0v) is 18.1. The first-order valence-corrected chi connectivity index (χ1v) is 10.9. The number of carbonyl (C=O) groups excluding carboxylic acids is 1. The molecule has 0 bridgehead atoms. The van der Waals surface area contributed by atoms with Crippen LogP contribution in [0.15, 0.2) is 41.9 Å². The number of pyridine rings is 2. The molecule has 0 atom stereocenters. The van der Waals surface area contributed by atoms with Gasteiger partial charge in [0.05, 0.1) is 17.7 Å². The second-order valence-corrected chi connectivity index (χ2v) is 8.24. The van der Waals surface area contributed by atoms with Crippen LogP contribution in [-0.4, -0.2) is 51.9 Å². The van der Waals surface area contributed by atoms with Crippen LogP contribution in [0.1, 0.15) is 17.0 Å². The average Bonchev–Trinajstić information content (AvgIpc) is 3.20. The summed E-state index contributed by atoms with van der Waals surface area (Å²) in [5.74, 6) is 1.14. The summed E-state index contributed by atoms with van der Waals surface area (Å²) in [6.07, 6.45) is -3.37. The first-order chi connectivity index (χ1) is 15.3. The van der Waals surface area contributed by atoms with Crippen LogP contribution in [-0.2, 0) is 17.4 Å². The van der Waals surface area contributed by atoms with Crippen molar-refractivity contribution in [3.05, 3.63) is 58.9 Å². The van der Waals surface area contributed by atoms with E-state index in [2.05, 4.69) is 20.3 Å². The van der Waals surface area contributed by atoms with Crippen molar-refractivity contribution in [2.24, 2.45) is 0 Å². The normalized spacial score (nSPS) is 14.5. The summed E-state index contributed by atoms with van der Waals surface area (Å²) in [5.41, 5.74) is 0.806. The van der Waals surface area contributed by atoms with Crippen LogP contribution in [0.4, 0.5) is 29.9 Å². The van der Waals surface area contributed by atoms with Crippen LogP contribution in [0, 0.1) is 6.92 Å². The van der Waals surface area contributed by atoms with Gasteiger partial charge in [0, 0.05) is 43.4 Å². The van der Waals surface area contributed by atoms with Crippen molar-refractivity contribution in [3.63, 3.8) is 0 Å². The van der Waals surface area contributed by atoms with Gasteiger partial charge in [0.1, 0.15) is 11.6 Å². The second-order valence-electron chi connectivity index (χ2n) is 7.38. The monoisotopic (exact) mass is 462 g/mol. The first-order valence-electron chi connectivity index (χ1n) is 9.99. The molecule has 0 aliphatic carbocycles. The summed E-state index contributed by atoms with van der Waals surface area (Å²) >= 11 is 1.41. The van der Waals surface area contributed by atoms with Gasteiger partial charge in [-0.1, -0.05) is 6.07 Å². The van der Waals surface area contributed by atoms with E-state index in [0.29, 0.717) is 48.6 Å². The van der Waals surface area contributed by atoms with Gasteiger partial charge in [-0.15, -0.1) is 11.3 Å². The molecule has 0 radical (unpaired) electrons. The van der Waals surface area contributed by atoms with Crippen molar-refractivity contribution < 1.29 is 18.0 Å². The lowest BCUT2D eigenvalue weighted by Gasteiger charge is -2.35. The number of anilines is 3. The quantitative estimate of drug-likeness (QED) is 0.620. The van der Waals surface area contributed by atoms with Crippen LogP contribution < -0.4 is 10.2 Å². The maximum Gasteiger partial charge on any atom is 0.417 e. The highest BCUT2D eigenvalue weighted by molar-refractivity contribution is 7.13. The number of rotatable bonds is 5. The molecule has 1 aliphatic rings. The molecule has 1 saturated heterocycles. The van der Waals surface area contributed by atoms with Crippen LogP contribution in [0.2, 0.25) is 0 Å². The van der Waals surface area contributed by atoms with E-state index >= 15 is 0 Å². The molecule has 1 fully saturated rings. The van der Waals surface area contributed by atoms with Gasteiger partial charge in [-0.3, -0.25) is 4.79 Å². The van der Waals surface area contributed by atoms with Gasteiger partial charge in [0.15, 0.2) is 5.13 Å². The number of piperazine rings is 1. The summed E-state index contributed by atoms with van der Waals surface area (Å²) in [7, 11) is 0. The molecule has 3 aromatic rings. The predicted molar refractivity (Wildman–Crippen MR) is 116 cm³/mol. The van der Waals surface area contributed by atoms with Crippen molar-refractivity contribution in [2.75, 3.05) is 36.4 Å². The number of nitrogens with one attached hydrogen (secondary N) is 1. The third-order valence-corrected chi connectivity index (χ3v) is 5.85. The summed E-state index contributed by atoms with van der Waals surface area (Å²) in [6, 6.07) is 8.06. The van der Waals surface area contributed by atoms with E-state index in [4.69, 9.17) is 0 Å². The van der Waals surface area contributed by atoms with Gasteiger partial charge in [-0.05, 0) is 31.2 Å². The van der Waals surface area contributed by atoms with Gasteiger partial charge in [-0.2, -0.15) is 13.2 Å².